The predicted octanol–water partition coefficient (Wildman–Crippen LogP) is 3.96. The second kappa shape index (κ2) is 5.44. The van der Waals surface area contributed by atoms with Crippen molar-refractivity contribution in [2.24, 2.45) is 5.73 Å². The average Bonchev–Trinajstić information content (AvgIpc) is 2.84. The molecule has 0 fully saturated rings. The summed E-state index contributed by atoms with van der Waals surface area (Å²) in [5.74, 6) is 0.855. The molecule has 3 aromatic rings. The number of nitrogens with one attached hydrogen (secondary N) is 1. The molecule has 3 nitrogen and oxygen atoms in total. The second-order valence-corrected chi connectivity index (χ2v) is 5.42. The minimum Gasteiger partial charge on any atom is -0.341 e. The van der Waals surface area contributed by atoms with Crippen LogP contribution in [0, 0.1) is 0 Å². The maximum absolute atomic E-state index is 6.02. The van der Waals surface area contributed by atoms with E-state index in [1.807, 2.05) is 30.3 Å². The number of fused-ring (bicyclic) bond motifs is 1. The number of nitrogens with zero attached hydrogens (tertiary/aromatic N) is 1. The number of aromatic amines is 1. The van der Waals surface area contributed by atoms with E-state index in [0.29, 0.717) is 16.6 Å². The lowest BCUT2D eigenvalue weighted by atomic mass is 9.99. The summed E-state index contributed by atoms with van der Waals surface area (Å²) in [5, 5.41) is 1.01. The molecule has 3 rings (SSSR count). The van der Waals surface area contributed by atoms with E-state index in [-0.39, 0.29) is 5.92 Å². The lowest BCUT2D eigenvalue weighted by Gasteiger charge is -2.11. The van der Waals surface area contributed by atoms with Crippen LogP contribution in [0.1, 0.15) is 17.3 Å². The van der Waals surface area contributed by atoms with Crippen LogP contribution in [0.5, 0.6) is 0 Å². The summed E-state index contributed by atoms with van der Waals surface area (Å²) < 4.78 is 0. The Bertz CT molecular complexity index is 698. The van der Waals surface area contributed by atoms with Crippen LogP contribution >= 0.6 is 23.2 Å². The quantitative estimate of drug-likeness (QED) is 0.769. The van der Waals surface area contributed by atoms with Crippen LogP contribution in [0.4, 0.5) is 0 Å². The van der Waals surface area contributed by atoms with Gasteiger partial charge in [0.1, 0.15) is 5.82 Å². The fourth-order valence-electron chi connectivity index (χ4n) is 2.28. The summed E-state index contributed by atoms with van der Waals surface area (Å²) in [4.78, 5) is 7.86. The zero-order valence-electron chi connectivity index (χ0n) is 10.6. The third kappa shape index (κ3) is 2.40. The molecule has 0 saturated heterocycles. The summed E-state index contributed by atoms with van der Waals surface area (Å²) in [5.41, 5.74) is 8.70. The molecule has 0 saturated carbocycles. The lowest BCUT2D eigenvalue weighted by molar-refractivity contribution is 0.769. The molecule has 1 atom stereocenters. The Balaban J connectivity index is 2.09. The third-order valence-electron chi connectivity index (χ3n) is 3.31. The largest absolute Gasteiger partial charge is 0.341 e. The van der Waals surface area contributed by atoms with Crippen LogP contribution in [-0.2, 0) is 0 Å². The third-order valence-corrected chi connectivity index (χ3v) is 4.03. The molecule has 2 aromatic carbocycles. The van der Waals surface area contributed by atoms with Gasteiger partial charge in [0.25, 0.3) is 0 Å². The van der Waals surface area contributed by atoms with Crippen LogP contribution in [-0.4, -0.2) is 16.5 Å². The first-order chi connectivity index (χ1) is 9.69. The summed E-state index contributed by atoms with van der Waals surface area (Å²) >= 11 is 12.0. The molecular weight excluding hydrogens is 293 g/mol. The van der Waals surface area contributed by atoms with Crippen molar-refractivity contribution in [2.45, 2.75) is 5.92 Å². The minimum absolute atomic E-state index is 0.0288. The molecule has 1 aromatic heterocycles. The lowest BCUT2D eigenvalue weighted by Crippen LogP contribution is -2.15. The molecule has 0 aliphatic rings. The van der Waals surface area contributed by atoms with E-state index in [2.05, 4.69) is 9.97 Å². The highest BCUT2D eigenvalue weighted by Crippen LogP contribution is 2.29. The fourth-order valence-corrected chi connectivity index (χ4v) is 2.60. The highest BCUT2D eigenvalue weighted by atomic mass is 35.5. The van der Waals surface area contributed by atoms with Crippen molar-refractivity contribution in [2.75, 3.05) is 6.54 Å². The molecule has 20 heavy (non-hydrogen) atoms. The van der Waals surface area contributed by atoms with Crippen molar-refractivity contribution < 1.29 is 0 Å². The number of imidazole rings is 1. The molecule has 1 unspecified atom stereocenters. The van der Waals surface area contributed by atoms with Gasteiger partial charge >= 0.3 is 0 Å². The van der Waals surface area contributed by atoms with Crippen LogP contribution in [0.3, 0.4) is 0 Å². The summed E-state index contributed by atoms with van der Waals surface area (Å²) in [6, 6.07) is 13.6. The molecule has 0 aliphatic carbocycles. The van der Waals surface area contributed by atoms with Crippen LogP contribution in [0.25, 0.3) is 11.0 Å². The monoisotopic (exact) mass is 305 g/mol. The first-order valence-electron chi connectivity index (χ1n) is 6.28. The number of rotatable bonds is 3. The highest BCUT2D eigenvalue weighted by Gasteiger charge is 2.17. The number of hydrogen-bond acceptors (Lipinski definition) is 2. The van der Waals surface area contributed by atoms with Crippen LogP contribution in [0.2, 0.25) is 10.0 Å². The van der Waals surface area contributed by atoms with E-state index in [4.69, 9.17) is 28.9 Å². The molecule has 3 N–H and O–H groups in total. The van der Waals surface area contributed by atoms with Crippen molar-refractivity contribution in [1.29, 1.82) is 0 Å². The van der Waals surface area contributed by atoms with E-state index in [9.17, 15) is 0 Å². The number of halogens is 2. The van der Waals surface area contributed by atoms with E-state index in [1.54, 1.807) is 12.1 Å². The Morgan fingerprint density at radius 2 is 1.80 bits per heavy atom. The average molecular weight is 306 g/mol. The van der Waals surface area contributed by atoms with Gasteiger partial charge in [-0.05, 0) is 17.7 Å². The van der Waals surface area contributed by atoms with Crippen LogP contribution in [0.15, 0.2) is 42.5 Å². The maximum Gasteiger partial charge on any atom is 0.116 e. The number of aromatic nitrogens is 2. The van der Waals surface area contributed by atoms with E-state index in [1.165, 1.54) is 0 Å². The van der Waals surface area contributed by atoms with Crippen molar-refractivity contribution >= 4 is 34.2 Å². The highest BCUT2D eigenvalue weighted by molar-refractivity contribution is 6.42. The molecule has 0 aliphatic heterocycles. The smallest absolute Gasteiger partial charge is 0.116 e. The Hall–Kier alpha value is -1.55. The number of H-pyrrole nitrogens is 1. The SMILES string of the molecule is NCC(c1ccccc1)c1nc2cc(Cl)c(Cl)cc2[nH]1. The Morgan fingerprint density at radius 3 is 2.50 bits per heavy atom. The molecule has 0 radical (unpaired) electrons. The number of benzene rings is 2. The van der Waals surface area contributed by atoms with E-state index < -0.39 is 0 Å². The molecule has 102 valence electrons. The molecule has 1 heterocycles. The van der Waals surface area contributed by atoms with Crippen molar-refractivity contribution in [3.63, 3.8) is 0 Å². The Morgan fingerprint density at radius 1 is 1.10 bits per heavy atom. The van der Waals surface area contributed by atoms with Gasteiger partial charge in [0.15, 0.2) is 0 Å². The Kier molecular flexibility index (Phi) is 3.66. The van der Waals surface area contributed by atoms with Crippen molar-refractivity contribution in [3.8, 4) is 0 Å². The van der Waals surface area contributed by atoms with E-state index >= 15 is 0 Å². The fraction of sp³-hybridized carbons (Fsp3) is 0.133. The van der Waals surface area contributed by atoms with Crippen molar-refractivity contribution in [1.82, 2.24) is 9.97 Å². The van der Waals surface area contributed by atoms with Gasteiger partial charge in [0.05, 0.1) is 27.0 Å². The molecule has 0 spiro atoms. The van der Waals surface area contributed by atoms with Gasteiger partial charge in [-0.2, -0.15) is 0 Å². The minimum atomic E-state index is 0.0288. The standard InChI is InChI=1S/C15H13Cl2N3/c16-11-6-13-14(7-12(11)17)20-15(19-13)10(8-18)9-4-2-1-3-5-9/h1-7,10H,8,18H2,(H,19,20). The number of nitrogens with two attached hydrogens (primary N) is 1. The topological polar surface area (TPSA) is 54.7 Å². The molecule has 0 amide bonds. The van der Waals surface area contributed by atoms with E-state index in [0.717, 1.165) is 22.4 Å². The first-order valence-corrected chi connectivity index (χ1v) is 7.04. The van der Waals surface area contributed by atoms with Gasteiger partial charge in [-0.3, -0.25) is 0 Å². The predicted molar refractivity (Wildman–Crippen MR) is 83.5 cm³/mol. The first kappa shape index (κ1) is 13.4. The summed E-state index contributed by atoms with van der Waals surface area (Å²) in [6.45, 7) is 0.477. The molecule has 5 heteroatoms. The zero-order chi connectivity index (χ0) is 14.1. The summed E-state index contributed by atoms with van der Waals surface area (Å²) in [6.07, 6.45) is 0. The van der Waals surface area contributed by atoms with Crippen LogP contribution < -0.4 is 5.73 Å². The van der Waals surface area contributed by atoms with Gasteiger partial charge in [0.2, 0.25) is 0 Å². The second-order valence-electron chi connectivity index (χ2n) is 4.60. The maximum atomic E-state index is 6.02. The molecular formula is C15H13Cl2N3. The van der Waals surface area contributed by atoms with Gasteiger partial charge in [-0.25, -0.2) is 4.98 Å². The van der Waals surface area contributed by atoms with Gasteiger partial charge in [0, 0.05) is 6.54 Å². The Labute approximate surface area is 126 Å². The zero-order valence-corrected chi connectivity index (χ0v) is 12.1. The van der Waals surface area contributed by atoms with Gasteiger partial charge in [-0.1, -0.05) is 53.5 Å². The van der Waals surface area contributed by atoms with Gasteiger partial charge in [-0.15, -0.1) is 0 Å². The summed E-state index contributed by atoms with van der Waals surface area (Å²) in [7, 11) is 0. The van der Waals surface area contributed by atoms with Gasteiger partial charge < -0.3 is 10.7 Å². The number of hydrogen-bond donors (Lipinski definition) is 2. The molecule has 0 bridgehead atoms. The van der Waals surface area contributed by atoms with Crippen molar-refractivity contribution in [3.05, 3.63) is 63.9 Å². The normalized spacial score (nSPS) is 12.8.